The molecular weight excluding hydrogens is 374 g/mol. The second kappa shape index (κ2) is 7.46. The van der Waals surface area contributed by atoms with Crippen LogP contribution in [0.15, 0.2) is 42.0 Å². The van der Waals surface area contributed by atoms with Crippen LogP contribution in [-0.2, 0) is 5.60 Å². The Morgan fingerprint density at radius 2 is 2.14 bits per heavy atom. The van der Waals surface area contributed by atoms with Crippen molar-refractivity contribution in [3.63, 3.8) is 0 Å². The van der Waals surface area contributed by atoms with Gasteiger partial charge in [-0.15, -0.1) is 11.3 Å². The molecule has 1 amide bonds. The number of nitrogens with zero attached hydrogens (tertiary/aromatic N) is 2. The maximum absolute atomic E-state index is 13.2. The number of aromatic nitrogens is 1. The number of carbonyl (C=O) groups excluding carboxylic acids is 1. The highest BCUT2D eigenvalue weighted by atomic mass is 32.1. The fourth-order valence-electron chi connectivity index (χ4n) is 4.43. The Morgan fingerprint density at radius 3 is 2.75 bits per heavy atom. The number of amides is 1. The van der Waals surface area contributed by atoms with E-state index in [9.17, 15) is 9.90 Å². The molecule has 2 aromatic rings. The summed E-state index contributed by atoms with van der Waals surface area (Å²) in [6.07, 6.45) is 7.24. The smallest absolute Gasteiger partial charge is 0.255 e. The highest BCUT2D eigenvalue weighted by molar-refractivity contribution is 7.11. The highest BCUT2D eigenvalue weighted by Crippen LogP contribution is 2.45. The number of pyridine rings is 1. The van der Waals surface area contributed by atoms with E-state index in [1.54, 1.807) is 12.3 Å². The zero-order chi connectivity index (χ0) is 19.7. The van der Waals surface area contributed by atoms with E-state index in [-0.39, 0.29) is 18.0 Å². The van der Waals surface area contributed by atoms with Gasteiger partial charge in [-0.2, -0.15) is 0 Å². The molecule has 2 unspecified atom stereocenters. The van der Waals surface area contributed by atoms with Crippen LogP contribution in [0.2, 0.25) is 0 Å². The zero-order valence-electron chi connectivity index (χ0n) is 15.3. The first-order valence-corrected chi connectivity index (χ1v) is 10.2. The van der Waals surface area contributed by atoms with Gasteiger partial charge in [0.1, 0.15) is 5.60 Å². The van der Waals surface area contributed by atoms with Crippen molar-refractivity contribution in [2.75, 3.05) is 0 Å². The number of nitrogens with one attached hydrogen (secondary N) is 2. The summed E-state index contributed by atoms with van der Waals surface area (Å²) in [5.41, 5.74) is 3.38. The molecule has 2 bridgehead atoms. The van der Waals surface area contributed by atoms with Gasteiger partial charge >= 0.3 is 0 Å². The fraction of sp³-hybridized carbons (Fsp3) is 0.350. The van der Waals surface area contributed by atoms with Crippen LogP contribution in [0, 0.1) is 5.41 Å². The zero-order valence-corrected chi connectivity index (χ0v) is 16.2. The minimum atomic E-state index is -0.980. The second-order valence-corrected chi connectivity index (χ2v) is 8.27. The number of hydrogen-bond donors (Lipinski definition) is 4. The monoisotopic (exact) mass is 397 g/mol. The van der Waals surface area contributed by atoms with E-state index >= 15 is 0 Å². The van der Waals surface area contributed by atoms with Crippen molar-refractivity contribution in [3.05, 3.63) is 58.2 Å². The molecule has 2 aliphatic rings. The lowest BCUT2D eigenvalue weighted by atomic mass is 9.83. The number of rotatable bonds is 5. The quantitative estimate of drug-likeness (QED) is 0.351. The Bertz CT molecular complexity index is 896. The lowest BCUT2D eigenvalue weighted by Crippen LogP contribution is -2.52. The third-order valence-electron chi connectivity index (χ3n) is 5.67. The molecule has 2 fully saturated rings. The Balaban J connectivity index is 1.55. The molecule has 5 N–H and O–H groups in total. The summed E-state index contributed by atoms with van der Waals surface area (Å²) in [6.45, 7) is 0. The van der Waals surface area contributed by atoms with Gasteiger partial charge < -0.3 is 20.8 Å². The molecule has 0 spiro atoms. The molecule has 2 aliphatic heterocycles. The SMILES string of the molecule is N=C/C(=C\NN)c1cc(C(=O)N2C3CCC2CC(O)(c2ccccn2)C3)cs1. The van der Waals surface area contributed by atoms with E-state index in [0.29, 0.717) is 29.7 Å². The van der Waals surface area contributed by atoms with Gasteiger partial charge in [0.25, 0.3) is 5.91 Å². The first-order valence-electron chi connectivity index (χ1n) is 9.28. The number of hydrazine groups is 1. The molecule has 146 valence electrons. The number of allylic oxidation sites excluding steroid dienone is 1. The summed E-state index contributed by atoms with van der Waals surface area (Å²) in [6, 6.07) is 7.40. The van der Waals surface area contributed by atoms with Crippen molar-refractivity contribution in [2.45, 2.75) is 43.4 Å². The third kappa shape index (κ3) is 3.23. The third-order valence-corrected chi connectivity index (χ3v) is 6.65. The number of hydrogen-bond acceptors (Lipinski definition) is 7. The van der Waals surface area contributed by atoms with E-state index < -0.39 is 5.60 Å². The Hall–Kier alpha value is -2.55. The number of thiophene rings is 1. The normalized spacial score (nSPS) is 26.9. The fourth-order valence-corrected chi connectivity index (χ4v) is 5.30. The summed E-state index contributed by atoms with van der Waals surface area (Å²) in [4.78, 5) is 20.3. The van der Waals surface area contributed by atoms with Crippen LogP contribution in [0.4, 0.5) is 0 Å². The predicted octanol–water partition coefficient (Wildman–Crippen LogP) is 2.25. The van der Waals surface area contributed by atoms with Crippen molar-refractivity contribution in [2.24, 2.45) is 5.84 Å². The van der Waals surface area contributed by atoms with Crippen molar-refractivity contribution in [1.29, 1.82) is 5.41 Å². The largest absolute Gasteiger partial charge is 0.383 e. The van der Waals surface area contributed by atoms with Gasteiger partial charge in [-0.05, 0) is 31.0 Å². The van der Waals surface area contributed by atoms with E-state index in [0.717, 1.165) is 17.7 Å². The van der Waals surface area contributed by atoms with Crippen molar-refractivity contribution < 1.29 is 9.90 Å². The number of nitrogens with two attached hydrogens (primary N) is 1. The highest BCUT2D eigenvalue weighted by Gasteiger charge is 2.50. The molecule has 2 saturated heterocycles. The first kappa shape index (κ1) is 18.8. The number of carbonyl (C=O) groups is 1. The van der Waals surface area contributed by atoms with Crippen LogP contribution in [-0.4, -0.2) is 39.2 Å². The van der Waals surface area contributed by atoms with Crippen LogP contribution in [0.1, 0.15) is 46.6 Å². The van der Waals surface area contributed by atoms with Crippen LogP contribution >= 0.6 is 11.3 Å². The summed E-state index contributed by atoms with van der Waals surface area (Å²) in [5.74, 6) is 5.30. The van der Waals surface area contributed by atoms with Gasteiger partial charge in [-0.25, -0.2) is 0 Å². The van der Waals surface area contributed by atoms with Gasteiger partial charge in [0.15, 0.2) is 0 Å². The second-order valence-electron chi connectivity index (χ2n) is 7.36. The van der Waals surface area contributed by atoms with Gasteiger partial charge in [0.2, 0.25) is 0 Å². The molecule has 4 rings (SSSR count). The number of fused-ring (bicyclic) bond motifs is 2. The van der Waals surface area contributed by atoms with Gasteiger partial charge in [0, 0.05) is 59.4 Å². The molecule has 8 heteroatoms. The standard InChI is InChI=1S/C20H23N5O2S/c21-10-14(11-24-22)17-7-13(12-28-17)19(26)25-15-4-5-16(25)9-20(27,8-15)18-3-1-2-6-23-18/h1-3,6-7,10-12,15-16,21,24,27H,4-5,8-9,22H2/b14-11+,21-10?. The van der Waals surface area contributed by atoms with Gasteiger partial charge in [-0.3, -0.25) is 15.6 Å². The molecule has 0 aromatic carbocycles. The molecule has 0 radical (unpaired) electrons. The summed E-state index contributed by atoms with van der Waals surface area (Å²) in [7, 11) is 0. The van der Waals surface area contributed by atoms with Gasteiger partial charge in [-0.1, -0.05) is 6.07 Å². The minimum Gasteiger partial charge on any atom is -0.383 e. The molecule has 0 saturated carbocycles. The molecule has 2 atom stereocenters. The molecular formula is C20H23N5O2S. The lowest BCUT2D eigenvalue weighted by molar-refractivity contribution is -0.0507. The molecule has 7 nitrogen and oxygen atoms in total. The maximum atomic E-state index is 13.2. The minimum absolute atomic E-state index is 0.00469. The van der Waals surface area contributed by atoms with E-state index in [4.69, 9.17) is 11.3 Å². The van der Waals surface area contributed by atoms with Crippen molar-refractivity contribution in [1.82, 2.24) is 15.3 Å². The average molecular weight is 398 g/mol. The Kier molecular flexibility index (Phi) is 5.01. The number of piperidine rings is 1. The maximum Gasteiger partial charge on any atom is 0.255 e. The average Bonchev–Trinajstić information content (AvgIpc) is 3.30. The molecule has 0 aliphatic carbocycles. The molecule has 2 aromatic heterocycles. The summed E-state index contributed by atoms with van der Waals surface area (Å²) < 4.78 is 0. The van der Waals surface area contributed by atoms with Gasteiger partial charge in [0.05, 0.1) is 11.3 Å². The van der Waals surface area contributed by atoms with E-state index in [1.165, 1.54) is 23.8 Å². The lowest BCUT2D eigenvalue weighted by Gasteiger charge is -2.43. The van der Waals surface area contributed by atoms with Crippen LogP contribution < -0.4 is 11.3 Å². The summed E-state index contributed by atoms with van der Waals surface area (Å²) in [5, 5.41) is 20.5. The molecule has 28 heavy (non-hydrogen) atoms. The van der Waals surface area contributed by atoms with Crippen molar-refractivity contribution in [3.8, 4) is 0 Å². The first-order chi connectivity index (χ1) is 13.6. The van der Waals surface area contributed by atoms with Crippen LogP contribution in [0.5, 0.6) is 0 Å². The Labute approximate surface area is 167 Å². The van der Waals surface area contributed by atoms with E-state index in [2.05, 4.69) is 10.4 Å². The molecule has 4 heterocycles. The number of aliphatic hydroxyl groups is 1. The van der Waals surface area contributed by atoms with Crippen molar-refractivity contribution >= 4 is 29.0 Å². The summed E-state index contributed by atoms with van der Waals surface area (Å²) >= 11 is 1.41. The van der Waals surface area contributed by atoms with E-state index in [1.807, 2.05) is 28.5 Å². The predicted molar refractivity (Wildman–Crippen MR) is 109 cm³/mol. The Morgan fingerprint density at radius 1 is 1.39 bits per heavy atom. The van der Waals surface area contributed by atoms with Crippen LogP contribution in [0.3, 0.4) is 0 Å². The van der Waals surface area contributed by atoms with Crippen LogP contribution in [0.25, 0.3) is 5.57 Å². The topological polar surface area (TPSA) is 115 Å².